The zero-order valence-corrected chi connectivity index (χ0v) is 29.9. The number of piperidine rings is 2. The van der Waals surface area contributed by atoms with Crippen LogP contribution >= 0.6 is 0 Å². The largest absolute Gasteiger partial charge is 0.418 e. The Morgan fingerprint density at radius 1 is 0.852 bits per heavy atom. The monoisotopic (exact) mass is 762 g/mol. The Morgan fingerprint density at radius 3 is 2.00 bits per heavy atom. The Balaban J connectivity index is 1.07. The van der Waals surface area contributed by atoms with Crippen LogP contribution in [-0.2, 0) is 28.4 Å². The molecular formula is C37H44F6N8O3. The van der Waals surface area contributed by atoms with Crippen LogP contribution in [0.15, 0.2) is 47.3 Å². The highest BCUT2D eigenvalue weighted by Crippen LogP contribution is 2.43. The van der Waals surface area contributed by atoms with E-state index >= 15 is 0 Å². The van der Waals surface area contributed by atoms with E-state index in [4.69, 9.17) is 5.73 Å². The second kappa shape index (κ2) is 14.7. The summed E-state index contributed by atoms with van der Waals surface area (Å²) in [5.41, 5.74) is 0.647. The first kappa shape index (κ1) is 37.9. The molecule has 2 aromatic carbocycles. The molecule has 292 valence electrons. The van der Waals surface area contributed by atoms with Gasteiger partial charge in [-0.2, -0.15) is 26.3 Å². The molecule has 0 radical (unpaired) electrons. The maximum Gasteiger partial charge on any atom is 0.418 e. The van der Waals surface area contributed by atoms with Crippen molar-refractivity contribution < 1.29 is 35.9 Å². The van der Waals surface area contributed by atoms with Gasteiger partial charge in [-0.25, -0.2) is 9.48 Å². The van der Waals surface area contributed by atoms with Gasteiger partial charge in [0.25, 0.3) is 0 Å². The summed E-state index contributed by atoms with van der Waals surface area (Å²) in [4.78, 5) is 51.5. The van der Waals surface area contributed by atoms with E-state index in [1.807, 2.05) is 30.3 Å². The summed E-state index contributed by atoms with van der Waals surface area (Å²) in [5.74, 6) is -1.72. The predicted octanol–water partition coefficient (Wildman–Crippen LogP) is 4.65. The van der Waals surface area contributed by atoms with Crippen LogP contribution in [0.1, 0.15) is 61.3 Å². The fraction of sp³-hybridized carbons (Fsp3) is 0.568. The number of hydrogen-bond donors (Lipinski definition) is 2. The number of alkyl halides is 6. The van der Waals surface area contributed by atoms with Gasteiger partial charge in [0.1, 0.15) is 0 Å². The summed E-state index contributed by atoms with van der Waals surface area (Å²) in [7, 11) is 2.12. The molecule has 7 rings (SSSR count). The summed E-state index contributed by atoms with van der Waals surface area (Å²) < 4.78 is 84.9. The second-order valence-electron chi connectivity index (χ2n) is 15.1. The molecule has 3 aromatic rings. The number of hydrogen-bond acceptors (Lipinski definition) is 7. The van der Waals surface area contributed by atoms with Gasteiger partial charge >= 0.3 is 18.0 Å². The highest BCUT2D eigenvalue weighted by Gasteiger charge is 2.45. The Bertz CT molecular complexity index is 1860. The lowest BCUT2D eigenvalue weighted by Crippen LogP contribution is -2.54. The molecule has 0 spiro atoms. The van der Waals surface area contributed by atoms with Crippen LogP contribution in [-0.4, -0.2) is 111 Å². The molecule has 1 aromatic heterocycles. The molecule has 0 saturated carbocycles. The molecule has 11 nitrogen and oxygen atoms in total. The van der Waals surface area contributed by atoms with Crippen LogP contribution in [0.3, 0.4) is 0 Å². The number of halogens is 6. The number of nitrogens with zero attached hydrogens (tertiary/aromatic N) is 6. The summed E-state index contributed by atoms with van der Waals surface area (Å²) in [6.07, 6.45) is -8.04. The number of nitrogens with two attached hydrogens (primary N) is 1. The number of carbonyl (C=O) groups excluding carboxylic acids is 2. The molecule has 2 unspecified atom stereocenters. The number of carbonyl (C=O) groups is 2. The Labute approximate surface area is 308 Å². The lowest BCUT2D eigenvalue weighted by Gasteiger charge is -2.42. The number of benzene rings is 2. The fourth-order valence-electron chi connectivity index (χ4n) is 8.86. The summed E-state index contributed by atoms with van der Waals surface area (Å²) in [6, 6.07) is 11.2. The number of likely N-dealkylation sites (N-methyl/N-ethyl adjacent to an activating group) is 1. The number of aromatic amines is 1. The third-order valence-corrected chi connectivity index (χ3v) is 11.8. The lowest BCUT2D eigenvalue weighted by molar-refractivity contribution is -0.143. The molecule has 2 bridgehead atoms. The fourth-order valence-corrected chi connectivity index (χ4v) is 8.86. The number of H-pyrrole nitrogens is 1. The summed E-state index contributed by atoms with van der Waals surface area (Å²) in [6.45, 7) is 3.13. The number of nitrogen functional groups attached to an aromatic ring is 1. The van der Waals surface area contributed by atoms with E-state index in [0.29, 0.717) is 68.8 Å². The van der Waals surface area contributed by atoms with Gasteiger partial charge < -0.3 is 20.4 Å². The highest BCUT2D eigenvalue weighted by molar-refractivity contribution is 5.86. The predicted molar refractivity (Wildman–Crippen MR) is 187 cm³/mol. The smallest absolute Gasteiger partial charge is 0.398 e. The average molecular weight is 763 g/mol. The van der Waals surface area contributed by atoms with Gasteiger partial charge in [-0.15, -0.1) is 5.10 Å². The molecule has 54 heavy (non-hydrogen) atoms. The molecule has 3 atom stereocenters. The lowest BCUT2D eigenvalue weighted by atomic mass is 9.90. The topological polar surface area (TPSA) is 124 Å². The third kappa shape index (κ3) is 7.74. The van der Waals surface area contributed by atoms with Gasteiger partial charge in [0.15, 0.2) is 5.82 Å². The quantitative estimate of drug-likeness (QED) is 0.253. The molecule has 0 aliphatic carbocycles. The van der Waals surface area contributed by atoms with E-state index in [2.05, 4.69) is 26.9 Å². The van der Waals surface area contributed by atoms with Crippen LogP contribution in [0.5, 0.6) is 0 Å². The highest BCUT2D eigenvalue weighted by atomic mass is 19.4. The van der Waals surface area contributed by atoms with Crippen molar-refractivity contribution in [2.75, 3.05) is 52.0 Å². The van der Waals surface area contributed by atoms with Crippen molar-refractivity contribution in [2.45, 2.75) is 81.5 Å². The molecule has 3 N–H and O–H groups in total. The van der Waals surface area contributed by atoms with Crippen molar-refractivity contribution in [1.82, 2.24) is 34.4 Å². The molecule has 4 aliphatic rings. The van der Waals surface area contributed by atoms with Gasteiger partial charge in [0, 0.05) is 69.4 Å². The summed E-state index contributed by atoms with van der Waals surface area (Å²) >= 11 is 0. The molecular weight excluding hydrogens is 718 g/mol. The van der Waals surface area contributed by atoms with E-state index in [9.17, 15) is 40.7 Å². The number of nitrogens with one attached hydrogen (secondary N) is 1. The maximum absolute atomic E-state index is 14.2. The van der Waals surface area contributed by atoms with Crippen LogP contribution in [0.25, 0.3) is 11.4 Å². The van der Waals surface area contributed by atoms with E-state index in [0.717, 1.165) is 25.1 Å². The van der Waals surface area contributed by atoms with Crippen LogP contribution in [0.2, 0.25) is 0 Å². The third-order valence-electron chi connectivity index (χ3n) is 11.8. The minimum atomic E-state index is -5.18. The second-order valence-corrected chi connectivity index (χ2v) is 15.1. The van der Waals surface area contributed by atoms with Crippen molar-refractivity contribution in [3.05, 3.63) is 69.6 Å². The van der Waals surface area contributed by atoms with Gasteiger partial charge in [-0.05, 0) is 63.3 Å². The molecule has 2 amide bonds. The minimum Gasteiger partial charge on any atom is -0.398 e. The van der Waals surface area contributed by atoms with Crippen molar-refractivity contribution >= 4 is 17.5 Å². The van der Waals surface area contributed by atoms with Gasteiger partial charge in [0.2, 0.25) is 11.8 Å². The SMILES string of the molecule is CN1CC2CC1CN2C1CCN(C(=O)[C@H](CC(=O)N2CCC(n3nc(-c4ccccc4)[nH]c3=O)CC2)Cc2cc(C(F)(F)F)c(N)c(C(F)(F)F)c2)CC1. The van der Waals surface area contributed by atoms with E-state index in [-0.39, 0.29) is 30.7 Å². The Kier molecular flexibility index (Phi) is 10.3. The Hall–Kier alpha value is -4.38. The minimum absolute atomic E-state index is 0.223. The zero-order chi connectivity index (χ0) is 38.5. The average Bonchev–Trinajstić information content (AvgIpc) is 3.85. The van der Waals surface area contributed by atoms with Gasteiger partial charge in [0.05, 0.1) is 28.8 Å². The zero-order valence-electron chi connectivity index (χ0n) is 29.9. The number of anilines is 1. The number of likely N-dealkylation sites (tertiary alicyclic amines) is 4. The van der Waals surface area contributed by atoms with Gasteiger partial charge in [-0.1, -0.05) is 30.3 Å². The maximum atomic E-state index is 14.2. The van der Waals surface area contributed by atoms with Crippen LogP contribution in [0, 0.1) is 5.92 Å². The van der Waals surface area contributed by atoms with Crippen molar-refractivity contribution in [1.29, 1.82) is 0 Å². The molecule has 4 aliphatic heterocycles. The molecule has 4 saturated heterocycles. The number of aromatic nitrogens is 3. The number of amides is 2. The number of rotatable bonds is 8. The number of fused-ring (bicyclic) bond motifs is 2. The first-order valence-electron chi connectivity index (χ1n) is 18.4. The normalized spacial score (nSPS) is 22.6. The first-order chi connectivity index (χ1) is 25.6. The van der Waals surface area contributed by atoms with Crippen molar-refractivity contribution in [3.63, 3.8) is 0 Å². The van der Waals surface area contributed by atoms with Gasteiger partial charge in [-0.3, -0.25) is 19.5 Å². The first-order valence-corrected chi connectivity index (χ1v) is 18.4. The molecule has 5 heterocycles. The summed E-state index contributed by atoms with van der Waals surface area (Å²) in [5, 5.41) is 4.46. The van der Waals surface area contributed by atoms with Crippen molar-refractivity contribution in [2.24, 2.45) is 5.92 Å². The van der Waals surface area contributed by atoms with Crippen molar-refractivity contribution in [3.8, 4) is 11.4 Å². The van der Waals surface area contributed by atoms with E-state index in [1.165, 1.54) is 9.58 Å². The Morgan fingerprint density at radius 2 is 1.44 bits per heavy atom. The number of piperazine rings is 1. The van der Waals surface area contributed by atoms with E-state index in [1.54, 1.807) is 4.90 Å². The van der Waals surface area contributed by atoms with Crippen LogP contribution < -0.4 is 11.4 Å². The van der Waals surface area contributed by atoms with E-state index < -0.39 is 65.4 Å². The molecule has 4 fully saturated rings. The molecule has 17 heteroatoms. The van der Waals surface area contributed by atoms with Crippen LogP contribution in [0.4, 0.5) is 32.0 Å². The standard InChI is InChI=1S/C37H44F6N8O3/c1-47-20-28-19-27(47)21-50(28)25-7-13-49(14-8-25)34(53)24(15-22-16-29(36(38,39)40)32(44)30(17-22)37(41,42)43)18-31(52)48-11-9-26(10-12-48)51-35(54)45-33(46-51)23-5-3-2-4-6-23/h2-6,16-17,24-28H,7-15,18-21,44H2,1H3,(H,45,46,54)/t24-,27?,28?/m0/s1.